The molecule has 1 saturated heterocycles. The van der Waals surface area contributed by atoms with Crippen LogP contribution in [0.5, 0.6) is 0 Å². The van der Waals surface area contributed by atoms with Crippen molar-refractivity contribution in [3.8, 4) is 6.07 Å². The molecule has 0 spiro atoms. The van der Waals surface area contributed by atoms with Crippen molar-refractivity contribution in [1.82, 2.24) is 5.43 Å². The highest BCUT2D eigenvalue weighted by Gasteiger charge is 2.53. The van der Waals surface area contributed by atoms with Gasteiger partial charge < -0.3 is 9.15 Å². The number of nitrogens with one attached hydrogen (secondary N) is 1. The van der Waals surface area contributed by atoms with E-state index in [4.69, 9.17) is 14.4 Å². The normalized spacial score (nSPS) is 26.2. The Morgan fingerprint density at radius 3 is 3.17 bits per heavy atom. The molecule has 124 valence electrons. The third-order valence-electron chi connectivity index (χ3n) is 4.54. The maximum Gasteiger partial charge on any atom is 0.335 e. The first-order valence-corrected chi connectivity index (χ1v) is 7.72. The maximum atomic E-state index is 12.4. The van der Waals surface area contributed by atoms with E-state index in [1.165, 1.54) is 6.21 Å². The summed E-state index contributed by atoms with van der Waals surface area (Å²) in [5, 5.41) is 12.3. The molecule has 2 heterocycles. The van der Waals surface area contributed by atoms with E-state index >= 15 is 0 Å². The van der Waals surface area contributed by atoms with Crippen LogP contribution in [0.4, 0.5) is 0 Å². The Kier molecular flexibility index (Phi) is 4.21. The number of furan rings is 1. The second-order valence-electron chi connectivity index (χ2n) is 6.14. The van der Waals surface area contributed by atoms with Crippen LogP contribution in [-0.2, 0) is 14.3 Å². The number of carbonyl (C=O) groups excluding carboxylic acids is 2. The number of nitrogens with zero attached hydrogens (tertiary/aromatic N) is 2. The fraction of sp³-hybridized carbons (Fsp3) is 0.412. The summed E-state index contributed by atoms with van der Waals surface area (Å²) >= 11 is 0. The minimum absolute atomic E-state index is 0.258. The molecule has 0 saturated carbocycles. The zero-order valence-corrected chi connectivity index (χ0v) is 13.2. The van der Waals surface area contributed by atoms with E-state index in [-0.39, 0.29) is 18.5 Å². The van der Waals surface area contributed by atoms with Crippen molar-refractivity contribution in [2.75, 3.05) is 0 Å². The van der Waals surface area contributed by atoms with Gasteiger partial charge in [-0.1, -0.05) is 6.92 Å². The van der Waals surface area contributed by atoms with E-state index in [2.05, 4.69) is 10.5 Å². The quantitative estimate of drug-likeness (QED) is 0.519. The highest BCUT2D eigenvalue weighted by Crippen LogP contribution is 2.55. The summed E-state index contributed by atoms with van der Waals surface area (Å²) in [4.78, 5) is 23.7. The van der Waals surface area contributed by atoms with Gasteiger partial charge in [-0.15, -0.1) is 0 Å². The molecule has 7 heteroatoms. The number of hydrogen-bond acceptors (Lipinski definition) is 6. The molecule has 1 aromatic heterocycles. The molecule has 1 aromatic rings. The number of fused-ring (bicyclic) bond motifs is 1. The summed E-state index contributed by atoms with van der Waals surface area (Å²) in [6, 6.07) is 3.55. The summed E-state index contributed by atoms with van der Waals surface area (Å²) in [5.41, 5.74) is 4.04. The molecule has 2 aliphatic rings. The molecular weight excluding hydrogens is 310 g/mol. The molecule has 0 aromatic carbocycles. The molecule has 1 amide bonds. The van der Waals surface area contributed by atoms with Gasteiger partial charge >= 0.3 is 5.97 Å². The Labute approximate surface area is 139 Å². The van der Waals surface area contributed by atoms with Gasteiger partial charge in [0, 0.05) is 11.0 Å². The zero-order chi connectivity index (χ0) is 17.2. The molecule has 1 N–H and O–H groups in total. The van der Waals surface area contributed by atoms with E-state index in [0.717, 1.165) is 24.0 Å². The van der Waals surface area contributed by atoms with E-state index in [1.54, 1.807) is 24.7 Å². The number of rotatable bonds is 4. The average Bonchev–Trinajstić information content (AvgIpc) is 3.14. The van der Waals surface area contributed by atoms with Gasteiger partial charge in [0.2, 0.25) is 0 Å². The van der Waals surface area contributed by atoms with Gasteiger partial charge in [-0.3, -0.25) is 4.79 Å². The monoisotopic (exact) mass is 327 g/mol. The van der Waals surface area contributed by atoms with Crippen LogP contribution in [0.2, 0.25) is 0 Å². The Morgan fingerprint density at radius 2 is 2.46 bits per heavy atom. The molecule has 1 aliphatic heterocycles. The maximum absolute atomic E-state index is 12.4. The number of amides is 1. The molecular formula is C17H17N3O4. The SMILES string of the molecule is C[C@@]12CCCC(/C=N/NC(=O)CC#N)=C1C(=O)O[C@H]2c1ccoc1. The summed E-state index contributed by atoms with van der Waals surface area (Å²) in [6.45, 7) is 2.01. The molecule has 7 nitrogen and oxygen atoms in total. The second-order valence-corrected chi connectivity index (χ2v) is 6.14. The predicted molar refractivity (Wildman–Crippen MR) is 83.4 cm³/mol. The predicted octanol–water partition coefficient (Wildman–Crippen LogP) is 2.38. The van der Waals surface area contributed by atoms with Crippen molar-refractivity contribution in [1.29, 1.82) is 5.26 Å². The number of ether oxygens (including phenoxy) is 1. The number of hydrogen-bond donors (Lipinski definition) is 1. The summed E-state index contributed by atoms with van der Waals surface area (Å²) in [6.07, 6.45) is 6.40. The molecule has 0 bridgehead atoms. The van der Waals surface area contributed by atoms with Crippen molar-refractivity contribution in [2.45, 2.75) is 38.7 Å². The summed E-state index contributed by atoms with van der Waals surface area (Å²) in [5.74, 6) is -0.837. The third kappa shape index (κ3) is 2.71. The standard InChI is InChI=1S/C17H17N3O4/c1-17-6-2-3-11(9-19-20-13(21)4-7-18)14(17)16(22)24-15(17)12-5-8-23-10-12/h5,8-10,15H,2-4,6H2,1H3,(H,20,21)/b19-9+/t15-,17+/m0/s1. The highest BCUT2D eigenvalue weighted by molar-refractivity contribution is 6.00. The molecule has 0 unspecified atom stereocenters. The average molecular weight is 327 g/mol. The molecule has 1 aliphatic carbocycles. The van der Waals surface area contributed by atoms with Crippen LogP contribution >= 0.6 is 0 Å². The van der Waals surface area contributed by atoms with Gasteiger partial charge in [0.25, 0.3) is 5.91 Å². The van der Waals surface area contributed by atoms with Crippen molar-refractivity contribution < 1.29 is 18.7 Å². The van der Waals surface area contributed by atoms with Crippen molar-refractivity contribution >= 4 is 18.1 Å². The molecule has 24 heavy (non-hydrogen) atoms. The Morgan fingerprint density at radius 1 is 1.62 bits per heavy atom. The van der Waals surface area contributed by atoms with E-state index in [1.807, 2.05) is 6.92 Å². The van der Waals surface area contributed by atoms with Crippen LogP contribution in [-0.4, -0.2) is 18.1 Å². The van der Waals surface area contributed by atoms with E-state index in [9.17, 15) is 9.59 Å². The topological polar surface area (TPSA) is 105 Å². The molecule has 2 atom stereocenters. The van der Waals surface area contributed by atoms with Crippen molar-refractivity contribution in [3.63, 3.8) is 0 Å². The van der Waals surface area contributed by atoms with Gasteiger partial charge in [-0.25, -0.2) is 10.2 Å². The number of esters is 1. The van der Waals surface area contributed by atoms with Crippen LogP contribution in [0.3, 0.4) is 0 Å². The summed E-state index contributed by atoms with van der Waals surface area (Å²) in [7, 11) is 0. The van der Waals surface area contributed by atoms with Crippen LogP contribution in [0, 0.1) is 16.7 Å². The zero-order valence-electron chi connectivity index (χ0n) is 13.2. The second kappa shape index (κ2) is 6.32. The number of cyclic esters (lactones) is 1. The Hall–Kier alpha value is -2.88. The van der Waals surface area contributed by atoms with Gasteiger partial charge in [-0.2, -0.15) is 10.4 Å². The lowest BCUT2D eigenvalue weighted by molar-refractivity contribution is -0.140. The number of nitriles is 1. The molecule has 0 radical (unpaired) electrons. The lowest BCUT2D eigenvalue weighted by Crippen LogP contribution is -2.27. The minimum atomic E-state index is -0.483. The van der Waals surface area contributed by atoms with Crippen LogP contribution in [0.25, 0.3) is 0 Å². The first kappa shape index (κ1) is 16.0. The fourth-order valence-corrected chi connectivity index (χ4v) is 3.47. The van der Waals surface area contributed by atoms with Gasteiger partial charge in [-0.05, 0) is 30.9 Å². The molecule has 3 rings (SSSR count). The van der Waals surface area contributed by atoms with Gasteiger partial charge in [0.15, 0.2) is 0 Å². The van der Waals surface area contributed by atoms with Gasteiger partial charge in [0.1, 0.15) is 12.5 Å². The van der Waals surface area contributed by atoms with Crippen LogP contribution < -0.4 is 5.43 Å². The highest BCUT2D eigenvalue weighted by atomic mass is 16.6. The number of carbonyl (C=O) groups is 2. The third-order valence-corrected chi connectivity index (χ3v) is 4.54. The van der Waals surface area contributed by atoms with Gasteiger partial charge in [0.05, 0.1) is 30.4 Å². The van der Waals surface area contributed by atoms with Crippen molar-refractivity contribution in [3.05, 3.63) is 35.3 Å². The largest absolute Gasteiger partial charge is 0.472 e. The molecule has 1 fully saturated rings. The Bertz CT molecular complexity index is 757. The first-order chi connectivity index (χ1) is 11.6. The number of allylic oxidation sites excluding steroid dienone is 1. The first-order valence-electron chi connectivity index (χ1n) is 7.72. The minimum Gasteiger partial charge on any atom is -0.472 e. The van der Waals surface area contributed by atoms with E-state index < -0.39 is 11.3 Å². The smallest absolute Gasteiger partial charge is 0.335 e. The lowest BCUT2D eigenvalue weighted by Gasteiger charge is -2.33. The fourth-order valence-electron chi connectivity index (χ4n) is 3.47. The van der Waals surface area contributed by atoms with Crippen molar-refractivity contribution in [2.24, 2.45) is 10.5 Å². The summed E-state index contributed by atoms with van der Waals surface area (Å²) < 4.78 is 10.7. The van der Waals surface area contributed by atoms with Crippen LogP contribution in [0.15, 0.2) is 39.3 Å². The van der Waals surface area contributed by atoms with E-state index in [0.29, 0.717) is 12.0 Å². The number of hydrazone groups is 1. The lowest BCUT2D eigenvalue weighted by atomic mass is 9.68. The Balaban J connectivity index is 1.89. The van der Waals surface area contributed by atoms with Crippen LogP contribution in [0.1, 0.15) is 44.3 Å².